The molecule has 0 atom stereocenters. The van der Waals surface area contributed by atoms with Gasteiger partial charge in [0, 0.05) is 11.4 Å². The molecule has 130 valence electrons. The molecule has 0 radical (unpaired) electrons. The number of rotatable bonds is 6. The molecule has 0 spiro atoms. The minimum atomic E-state index is -0.0938. The van der Waals surface area contributed by atoms with Crippen LogP contribution in [-0.2, 0) is 17.6 Å². The molecule has 24 heavy (non-hydrogen) atoms. The average Bonchev–Trinajstić information content (AvgIpc) is 2.75. The summed E-state index contributed by atoms with van der Waals surface area (Å²) in [5, 5.41) is 3.92. The second-order valence-corrected chi connectivity index (χ2v) is 7.83. The monoisotopic (exact) mass is 347 g/mol. The number of ether oxygens (including phenoxy) is 1. The Bertz CT molecular complexity index is 712. The van der Waals surface area contributed by atoms with Gasteiger partial charge in [0.2, 0.25) is 5.88 Å². The summed E-state index contributed by atoms with van der Waals surface area (Å²) in [4.78, 5) is 23.0. The van der Waals surface area contributed by atoms with Gasteiger partial charge in [-0.3, -0.25) is 4.79 Å². The van der Waals surface area contributed by atoms with Gasteiger partial charge in [-0.15, -0.1) is 11.3 Å². The Kier molecular flexibility index (Phi) is 5.66. The fourth-order valence-electron chi connectivity index (χ4n) is 3.03. The van der Waals surface area contributed by atoms with E-state index in [-0.39, 0.29) is 12.5 Å². The van der Waals surface area contributed by atoms with Crippen molar-refractivity contribution >= 4 is 27.5 Å². The molecule has 6 heteroatoms. The lowest BCUT2D eigenvalue weighted by atomic mass is 10.1. The lowest BCUT2D eigenvalue weighted by Gasteiger charge is -2.09. The van der Waals surface area contributed by atoms with Crippen molar-refractivity contribution < 1.29 is 9.53 Å². The fourth-order valence-corrected chi connectivity index (χ4v) is 4.25. The number of fused-ring (bicyclic) bond motifs is 3. The molecule has 0 bridgehead atoms. The second-order valence-electron chi connectivity index (χ2n) is 6.74. The Morgan fingerprint density at radius 2 is 2.12 bits per heavy atom. The van der Waals surface area contributed by atoms with Crippen LogP contribution < -0.4 is 10.1 Å². The van der Waals surface area contributed by atoms with Crippen LogP contribution in [0.2, 0.25) is 0 Å². The molecule has 3 rings (SSSR count). The van der Waals surface area contributed by atoms with Crippen LogP contribution in [0.1, 0.15) is 50.0 Å². The first-order chi connectivity index (χ1) is 11.6. The van der Waals surface area contributed by atoms with Gasteiger partial charge in [-0.05, 0) is 43.6 Å². The predicted octanol–water partition coefficient (Wildman–Crippen LogP) is 3.50. The molecule has 1 aliphatic rings. The summed E-state index contributed by atoms with van der Waals surface area (Å²) in [6.45, 7) is 4.98. The number of amides is 1. The number of thiophene rings is 1. The van der Waals surface area contributed by atoms with E-state index in [1.807, 2.05) is 0 Å². The largest absolute Gasteiger partial charge is 0.467 e. The number of hydrogen-bond donors (Lipinski definition) is 1. The van der Waals surface area contributed by atoms with Crippen LogP contribution in [0.15, 0.2) is 6.33 Å². The highest BCUT2D eigenvalue weighted by Gasteiger charge is 2.20. The first-order valence-electron chi connectivity index (χ1n) is 8.80. The molecule has 0 saturated carbocycles. The molecule has 2 heterocycles. The van der Waals surface area contributed by atoms with Crippen molar-refractivity contribution in [1.82, 2.24) is 15.3 Å². The smallest absolute Gasteiger partial charge is 0.258 e. The van der Waals surface area contributed by atoms with Gasteiger partial charge in [-0.25, -0.2) is 9.97 Å². The highest BCUT2D eigenvalue weighted by molar-refractivity contribution is 7.18. The topological polar surface area (TPSA) is 64.1 Å². The first kappa shape index (κ1) is 17.1. The van der Waals surface area contributed by atoms with Gasteiger partial charge in [-0.1, -0.05) is 20.3 Å². The number of aromatic nitrogens is 2. The summed E-state index contributed by atoms with van der Waals surface area (Å²) >= 11 is 1.75. The van der Waals surface area contributed by atoms with Gasteiger partial charge in [0.25, 0.3) is 5.91 Å². The van der Waals surface area contributed by atoms with Crippen LogP contribution in [0, 0.1) is 5.92 Å². The van der Waals surface area contributed by atoms with Gasteiger partial charge in [0.1, 0.15) is 11.2 Å². The minimum absolute atomic E-state index is 0.00876. The van der Waals surface area contributed by atoms with E-state index in [9.17, 15) is 4.79 Å². The molecule has 2 aromatic rings. The summed E-state index contributed by atoms with van der Waals surface area (Å²) < 4.78 is 5.75. The number of carbonyl (C=O) groups is 1. The fraction of sp³-hybridized carbons (Fsp3) is 0.611. The summed E-state index contributed by atoms with van der Waals surface area (Å²) in [6, 6.07) is 0. The van der Waals surface area contributed by atoms with E-state index in [2.05, 4.69) is 29.1 Å². The maximum Gasteiger partial charge on any atom is 0.258 e. The minimum Gasteiger partial charge on any atom is -0.467 e. The summed E-state index contributed by atoms with van der Waals surface area (Å²) in [6.07, 6.45) is 8.38. The molecule has 0 aromatic carbocycles. The number of hydrogen-bond acceptors (Lipinski definition) is 5. The molecular formula is C18H25N3O2S. The number of nitrogens with one attached hydrogen (secondary N) is 1. The quantitative estimate of drug-likeness (QED) is 0.812. The zero-order chi connectivity index (χ0) is 16.9. The van der Waals surface area contributed by atoms with E-state index in [0.717, 1.165) is 29.5 Å². The van der Waals surface area contributed by atoms with E-state index < -0.39 is 0 Å². The Morgan fingerprint density at radius 1 is 1.29 bits per heavy atom. The first-order valence-corrected chi connectivity index (χ1v) is 9.61. The van der Waals surface area contributed by atoms with E-state index in [0.29, 0.717) is 18.3 Å². The standard InChI is InChI=1S/C18H25N3O2S/c1-12(2)8-9-19-15(22)10-23-17-16-13-6-4-3-5-7-14(13)24-18(16)21-11-20-17/h11-12H,3-10H2,1-2H3,(H,19,22). The Balaban J connectivity index is 1.70. The molecule has 1 N–H and O–H groups in total. The van der Waals surface area contributed by atoms with Crippen LogP contribution >= 0.6 is 11.3 Å². The van der Waals surface area contributed by atoms with Crippen molar-refractivity contribution in [2.75, 3.05) is 13.2 Å². The van der Waals surface area contributed by atoms with Crippen LogP contribution in [0.3, 0.4) is 0 Å². The van der Waals surface area contributed by atoms with Gasteiger partial charge in [0.05, 0.1) is 5.39 Å². The molecule has 1 aliphatic carbocycles. The molecule has 0 unspecified atom stereocenters. The van der Waals surface area contributed by atoms with E-state index in [4.69, 9.17) is 4.74 Å². The second kappa shape index (κ2) is 7.92. The summed E-state index contributed by atoms with van der Waals surface area (Å²) in [5.41, 5.74) is 1.34. The van der Waals surface area contributed by atoms with Crippen LogP contribution in [0.4, 0.5) is 0 Å². The van der Waals surface area contributed by atoms with Crippen molar-refractivity contribution in [3.63, 3.8) is 0 Å². The van der Waals surface area contributed by atoms with Crippen molar-refractivity contribution in [2.24, 2.45) is 5.92 Å². The Hall–Kier alpha value is -1.69. The third kappa shape index (κ3) is 4.04. The number of nitrogens with zero attached hydrogens (tertiary/aromatic N) is 2. The lowest BCUT2D eigenvalue weighted by molar-refractivity contribution is -0.123. The van der Waals surface area contributed by atoms with Gasteiger partial charge in [0.15, 0.2) is 6.61 Å². The molecular weight excluding hydrogens is 322 g/mol. The van der Waals surface area contributed by atoms with Gasteiger partial charge >= 0.3 is 0 Å². The summed E-state index contributed by atoms with van der Waals surface area (Å²) in [7, 11) is 0. The Labute approximate surface area is 146 Å². The van der Waals surface area contributed by atoms with Crippen molar-refractivity contribution in [3.8, 4) is 5.88 Å². The lowest BCUT2D eigenvalue weighted by Crippen LogP contribution is -2.30. The molecule has 1 amide bonds. The third-order valence-corrected chi connectivity index (χ3v) is 5.55. The third-order valence-electron chi connectivity index (χ3n) is 4.35. The van der Waals surface area contributed by atoms with Crippen molar-refractivity contribution in [2.45, 2.75) is 52.4 Å². The maximum absolute atomic E-state index is 11.9. The summed E-state index contributed by atoms with van der Waals surface area (Å²) in [5.74, 6) is 1.04. The predicted molar refractivity (Wildman–Crippen MR) is 96.6 cm³/mol. The maximum atomic E-state index is 11.9. The van der Waals surface area contributed by atoms with E-state index in [1.54, 1.807) is 11.3 Å². The van der Waals surface area contributed by atoms with Crippen molar-refractivity contribution in [1.29, 1.82) is 0 Å². The zero-order valence-electron chi connectivity index (χ0n) is 14.4. The SMILES string of the molecule is CC(C)CCNC(=O)COc1ncnc2sc3c(c12)CCCCC3. The number of aryl methyl sites for hydroxylation is 2. The molecule has 0 saturated heterocycles. The normalized spacial score (nSPS) is 14.5. The van der Waals surface area contributed by atoms with Crippen molar-refractivity contribution in [3.05, 3.63) is 16.8 Å². The van der Waals surface area contributed by atoms with Crippen LogP contribution in [0.5, 0.6) is 5.88 Å². The van der Waals surface area contributed by atoms with Crippen LogP contribution in [-0.4, -0.2) is 29.0 Å². The number of carbonyl (C=O) groups excluding carboxylic acids is 1. The average molecular weight is 347 g/mol. The highest BCUT2D eigenvalue weighted by Crippen LogP contribution is 2.38. The molecule has 0 fully saturated rings. The van der Waals surface area contributed by atoms with E-state index >= 15 is 0 Å². The van der Waals surface area contributed by atoms with Gasteiger partial charge in [-0.2, -0.15) is 0 Å². The van der Waals surface area contributed by atoms with E-state index in [1.165, 1.54) is 36.0 Å². The Morgan fingerprint density at radius 3 is 2.96 bits per heavy atom. The van der Waals surface area contributed by atoms with Crippen LogP contribution in [0.25, 0.3) is 10.2 Å². The van der Waals surface area contributed by atoms with Gasteiger partial charge < -0.3 is 10.1 Å². The molecule has 2 aromatic heterocycles. The highest BCUT2D eigenvalue weighted by atomic mass is 32.1. The zero-order valence-corrected chi connectivity index (χ0v) is 15.2. The molecule has 5 nitrogen and oxygen atoms in total. The molecule has 0 aliphatic heterocycles.